The molecule has 1 fully saturated rings. The zero-order valence-electron chi connectivity index (χ0n) is 16.7. The average molecular weight is 441 g/mol. The molecule has 1 aliphatic carbocycles. The van der Waals surface area contributed by atoms with Gasteiger partial charge >= 0.3 is 0 Å². The summed E-state index contributed by atoms with van der Waals surface area (Å²) in [5.74, 6) is 0.283. The van der Waals surface area contributed by atoms with Gasteiger partial charge in [0.15, 0.2) is 5.82 Å². The van der Waals surface area contributed by atoms with E-state index in [1.165, 1.54) is 44.5 Å². The maximum atomic E-state index is 12.1. The summed E-state index contributed by atoms with van der Waals surface area (Å²) >= 11 is 0. The minimum Gasteiger partial charge on any atom is -0.339 e. The lowest BCUT2D eigenvalue weighted by Gasteiger charge is -2.22. The van der Waals surface area contributed by atoms with Gasteiger partial charge in [0, 0.05) is 18.5 Å². The first-order valence-corrected chi connectivity index (χ1v) is 11.7. The number of aromatic nitrogens is 4. The SMILES string of the molecule is O=C(C[C@@H](CCCC1CCCCC1)c1nc(CNS(=O)(=O)c2cn[nH]c2)no1)NO. The van der Waals surface area contributed by atoms with Gasteiger partial charge in [0.2, 0.25) is 21.8 Å². The van der Waals surface area contributed by atoms with Gasteiger partial charge in [0.25, 0.3) is 0 Å². The normalized spacial score (nSPS) is 16.4. The number of H-pyrrole nitrogens is 1. The molecule has 0 unspecified atom stereocenters. The Labute approximate surface area is 175 Å². The van der Waals surface area contributed by atoms with Crippen molar-refractivity contribution in [2.45, 2.75) is 75.1 Å². The molecule has 0 radical (unpaired) electrons. The Kier molecular flexibility index (Phi) is 7.94. The predicted molar refractivity (Wildman–Crippen MR) is 105 cm³/mol. The monoisotopic (exact) mass is 440 g/mol. The third-order valence-electron chi connectivity index (χ3n) is 5.48. The highest BCUT2D eigenvalue weighted by Gasteiger charge is 2.24. The van der Waals surface area contributed by atoms with Gasteiger partial charge in [-0.1, -0.05) is 50.1 Å². The number of aromatic amines is 1. The molecule has 2 heterocycles. The van der Waals surface area contributed by atoms with Crippen LogP contribution in [0, 0.1) is 5.92 Å². The Morgan fingerprint density at radius 3 is 2.83 bits per heavy atom. The van der Waals surface area contributed by atoms with Gasteiger partial charge in [0.1, 0.15) is 4.90 Å². The molecule has 0 bridgehead atoms. The summed E-state index contributed by atoms with van der Waals surface area (Å²) in [6, 6.07) is 0. The van der Waals surface area contributed by atoms with Crippen LogP contribution < -0.4 is 10.2 Å². The van der Waals surface area contributed by atoms with Crippen LogP contribution in [0.15, 0.2) is 21.8 Å². The fraction of sp³-hybridized carbons (Fsp3) is 0.667. The van der Waals surface area contributed by atoms with Crippen molar-refractivity contribution in [1.29, 1.82) is 0 Å². The number of hydrogen-bond acceptors (Lipinski definition) is 8. The summed E-state index contributed by atoms with van der Waals surface area (Å²) in [7, 11) is -3.74. The molecule has 11 nitrogen and oxygen atoms in total. The number of amides is 1. The largest absolute Gasteiger partial charge is 0.339 e. The average Bonchev–Trinajstić information content (AvgIpc) is 3.45. The van der Waals surface area contributed by atoms with E-state index in [0.29, 0.717) is 6.42 Å². The molecule has 1 amide bonds. The second-order valence-corrected chi connectivity index (χ2v) is 9.45. The molecule has 0 aliphatic heterocycles. The molecule has 30 heavy (non-hydrogen) atoms. The van der Waals surface area contributed by atoms with Crippen LogP contribution in [-0.4, -0.2) is 39.9 Å². The number of hydroxylamine groups is 1. The fourth-order valence-electron chi connectivity index (χ4n) is 3.85. The van der Waals surface area contributed by atoms with Crippen molar-refractivity contribution in [3.05, 3.63) is 24.1 Å². The number of nitrogens with zero attached hydrogens (tertiary/aromatic N) is 3. The highest BCUT2D eigenvalue weighted by Crippen LogP contribution is 2.31. The molecular weight excluding hydrogens is 412 g/mol. The highest BCUT2D eigenvalue weighted by atomic mass is 32.2. The van der Waals surface area contributed by atoms with E-state index in [0.717, 1.165) is 18.8 Å². The Balaban J connectivity index is 1.57. The van der Waals surface area contributed by atoms with E-state index in [9.17, 15) is 13.2 Å². The number of nitrogens with one attached hydrogen (secondary N) is 3. The van der Waals surface area contributed by atoms with Crippen molar-refractivity contribution < 1.29 is 22.9 Å². The Hall–Kier alpha value is -2.31. The zero-order valence-corrected chi connectivity index (χ0v) is 17.5. The van der Waals surface area contributed by atoms with Crippen LogP contribution in [0.3, 0.4) is 0 Å². The molecule has 3 rings (SSSR count). The maximum absolute atomic E-state index is 12.1. The van der Waals surface area contributed by atoms with Crippen molar-refractivity contribution in [3.63, 3.8) is 0 Å². The van der Waals surface area contributed by atoms with Gasteiger partial charge in [-0.25, -0.2) is 18.6 Å². The molecule has 0 aromatic carbocycles. The van der Waals surface area contributed by atoms with Gasteiger partial charge in [-0.05, 0) is 12.3 Å². The molecule has 1 atom stereocenters. The minimum atomic E-state index is -3.74. The molecule has 0 spiro atoms. The van der Waals surface area contributed by atoms with E-state index in [-0.39, 0.29) is 35.5 Å². The molecule has 12 heteroatoms. The van der Waals surface area contributed by atoms with Crippen LogP contribution in [0.1, 0.15) is 75.4 Å². The van der Waals surface area contributed by atoms with E-state index in [2.05, 4.69) is 25.1 Å². The molecule has 4 N–H and O–H groups in total. The molecular formula is C18H28N6O5S. The highest BCUT2D eigenvalue weighted by molar-refractivity contribution is 7.89. The molecule has 1 saturated carbocycles. The van der Waals surface area contributed by atoms with Gasteiger partial charge in [-0.2, -0.15) is 10.1 Å². The first-order valence-electron chi connectivity index (χ1n) is 10.2. The number of carbonyl (C=O) groups excluding carboxylic acids is 1. The topological polar surface area (TPSA) is 163 Å². The van der Waals surface area contributed by atoms with Gasteiger partial charge in [-0.3, -0.25) is 15.1 Å². The lowest BCUT2D eigenvalue weighted by atomic mass is 9.84. The second kappa shape index (κ2) is 10.6. The van der Waals surface area contributed by atoms with Crippen LogP contribution in [-0.2, 0) is 21.4 Å². The number of carbonyl (C=O) groups is 1. The standard InChI is InChI=1S/C18H28N6O5S/c25-17(23-26)9-14(8-4-7-13-5-2-1-3-6-13)18-22-16(24-29-18)12-21-30(27,28)15-10-19-20-11-15/h10-11,13-14,21,26H,1-9,12H2,(H,19,20)(H,23,25)/t14-/m1/s1. The first-order chi connectivity index (χ1) is 14.5. The van der Waals surface area contributed by atoms with E-state index < -0.39 is 15.9 Å². The van der Waals surface area contributed by atoms with E-state index in [4.69, 9.17) is 9.73 Å². The molecule has 0 saturated heterocycles. The predicted octanol–water partition coefficient (Wildman–Crippen LogP) is 2.00. The van der Waals surface area contributed by atoms with Crippen molar-refractivity contribution >= 4 is 15.9 Å². The maximum Gasteiger partial charge on any atom is 0.244 e. The number of sulfonamides is 1. The summed E-state index contributed by atoms with van der Waals surface area (Å²) in [4.78, 5) is 16.0. The van der Waals surface area contributed by atoms with Crippen molar-refractivity contribution in [3.8, 4) is 0 Å². The fourth-order valence-corrected chi connectivity index (χ4v) is 4.73. The van der Waals surface area contributed by atoms with Crippen molar-refractivity contribution in [1.82, 2.24) is 30.5 Å². The Morgan fingerprint density at radius 2 is 2.13 bits per heavy atom. The first kappa shape index (κ1) is 22.4. The Bertz CT molecular complexity index is 892. The van der Waals surface area contributed by atoms with Crippen LogP contribution in [0.4, 0.5) is 0 Å². The summed E-state index contributed by atoms with van der Waals surface area (Å²) < 4.78 is 32.0. The summed E-state index contributed by atoms with van der Waals surface area (Å²) in [6.07, 6.45) is 11.5. The van der Waals surface area contributed by atoms with Gasteiger partial charge in [0.05, 0.1) is 12.7 Å². The molecule has 2 aromatic rings. The quantitative estimate of drug-likeness (QED) is 0.304. The third kappa shape index (κ3) is 6.34. The number of hydrogen-bond donors (Lipinski definition) is 4. The Morgan fingerprint density at radius 1 is 1.33 bits per heavy atom. The third-order valence-corrected chi connectivity index (χ3v) is 6.85. The number of rotatable bonds is 11. The molecule has 1 aliphatic rings. The van der Waals surface area contributed by atoms with E-state index >= 15 is 0 Å². The lowest BCUT2D eigenvalue weighted by Crippen LogP contribution is -2.23. The van der Waals surface area contributed by atoms with Crippen molar-refractivity contribution in [2.75, 3.05) is 0 Å². The van der Waals surface area contributed by atoms with Crippen LogP contribution >= 0.6 is 0 Å². The van der Waals surface area contributed by atoms with Gasteiger partial charge in [-0.15, -0.1) is 0 Å². The zero-order chi connectivity index (χ0) is 21.4. The van der Waals surface area contributed by atoms with Crippen LogP contribution in [0.25, 0.3) is 0 Å². The minimum absolute atomic E-state index is 0.00595. The summed E-state index contributed by atoms with van der Waals surface area (Å²) in [5.41, 5.74) is 1.64. The van der Waals surface area contributed by atoms with E-state index in [1.807, 2.05) is 0 Å². The van der Waals surface area contributed by atoms with Crippen LogP contribution in [0.5, 0.6) is 0 Å². The summed E-state index contributed by atoms with van der Waals surface area (Å²) in [5, 5.41) is 18.8. The van der Waals surface area contributed by atoms with Crippen molar-refractivity contribution in [2.24, 2.45) is 5.92 Å². The lowest BCUT2D eigenvalue weighted by molar-refractivity contribution is -0.129. The van der Waals surface area contributed by atoms with E-state index in [1.54, 1.807) is 5.48 Å². The molecule has 166 valence electrons. The van der Waals surface area contributed by atoms with Crippen LogP contribution in [0.2, 0.25) is 0 Å². The summed E-state index contributed by atoms with van der Waals surface area (Å²) in [6.45, 7) is -0.155. The second-order valence-electron chi connectivity index (χ2n) is 7.68. The molecule has 2 aromatic heterocycles. The smallest absolute Gasteiger partial charge is 0.244 e. The van der Waals surface area contributed by atoms with Gasteiger partial charge < -0.3 is 4.52 Å².